The predicted octanol–water partition coefficient (Wildman–Crippen LogP) is 3.88. The Bertz CT molecular complexity index is 953. The Hall–Kier alpha value is -2.73. The molecule has 0 aliphatic carbocycles. The highest BCUT2D eigenvalue weighted by Gasteiger charge is 2.19. The molecule has 0 radical (unpaired) electrons. The summed E-state index contributed by atoms with van der Waals surface area (Å²) in [5.41, 5.74) is 0.447. The Kier molecular flexibility index (Phi) is 5.96. The summed E-state index contributed by atoms with van der Waals surface area (Å²) < 4.78 is 10.5. The maximum absolute atomic E-state index is 12.7. The zero-order valence-electron chi connectivity index (χ0n) is 14.4. The standard InChI is InChI=1S/C20H19NO4S/c1-24-20(23)17-18(22)15-10-5-6-11-16(15)21-19(17)26-13-7-12-25-14-8-3-2-4-9-14/h2-6,8-11H,7,12-13H2,1H3,(H,21,22). The van der Waals surface area contributed by atoms with E-state index in [0.29, 0.717) is 28.3 Å². The summed E-state index contributed by atoms with van der Waals surface area (Å²) in [6, 6.07) is 16.7. The lowest BCUT2D eigenvalue weighted by Crippen LogP contribution is -2.19. The van der Waals surface area contributed by atoms with Gasteiger partial charge < -0.3 is 14.5 Å². The topological polar surface area (TPSA) is 68.4 Å². The van der Waals surface area contributed by atoms with Crippen molar-refractivity contribution in [2.75, 3.05) is 19.5 Å². The molecule has 0 saturated heterocycles. The number of rotatable bonds is 7. The Balaban J connectivity index is 1.72. The van der Waals surface area contributed by atoms with Crippen molar-refractivity contribution in [3.63, 3.8) is 0 Å². The molecule has 134 valence electrons. The van der Waals surface area contributed by atoms with Crippen LogP contribution in [0.5, 0.6) is 5.75 Å². The maximum atomic E-state index is 12.7. The van der Waals surface area contributed by atoms with Gasteiger partial charge in [-0.15, -0.1) is 11.8 Å². The third kappa shape index (κ3) is 4.08. The fraction of sp³-hybridized carbons (Fsp3) is 0.200. The van der Waals surface area contributed by atoms with Gasteiger partial charge in [-0.2, -0.15) is 0 Å². The fourth-order valence-electron chi connectivity index (χ4n) is 2.55. The van der Waals surface area contributed by atoms with Gasteiger partial charge in [0.15, 0.2) is 0 Å². The second-order valence-electron chi connectivity index (χ2n) is 5.56. The third-order valence-electron chi connectivity index (χ3n) is 3.81. The molecule has 0 saturated carbocycles. The van der Waals surface area contributed by atoms with E-state index in [-0.39, 0.29) is 11.0 Å². The summed E-state index contributed by atoms with van der Waals surface area (Å²) in [4.78, 5) is 27.9. The summed E-state index contributed by atoms with van der Waals surface area (Å²) in [5, 5.41) is 1.00. The van der Waals surface area contributed by atoms with Crippen LogP contribution in [0, 0.1) is 0 Å². The quantitative estimate of drug-likeness (QED) is 0.389. The number of para-hydroxylation sites is 2. The molecule has 1 heterocycles. The molecule has 0 bridgehead atoms. The number of H-pyrrole nitrogens is 1. The highest BCUT2D eigenvalue weighted by Crippen LogP contribution is 2.23. The Morgan fingerprint density at radius 1 is 1.08 bits per heavy atom. The van der Waals surface area contributed by atoms with Gasteiger partial charge in [0.2, 0.25) is 5.43 Å². The molecule has 0 aliphatic rings. The van der Waals surface area contributed by atoms with Gasteiger partial charge in [0.1, 0.15) is 11.3 Å². The number of aromatic nitrogens is 1. The van der Waals surface area contributed by atoms with Crippen LogP contribution in [0.2, 0.25) is 0 Å². The van der Waals surface area contributed by atoms with Gasteiger partial charge in [-0.05, 0) is 30.7 Å². The van der Waals surface area contributed by atoms with Crippen molar-refractivity contribution in [1.29, 1.82) is 0 Å². The number of nitrogens with one attached hydrogen (secondary N) is 1. The SMILES string of the molecule is COC(=O)c1c(SCCCOc2ccccc2)[nH]c2ccccc2c1=O. The first-order chi connectivity index (χ1) is 12.7. The van der Waals surface area contributed by atoms with Crippen LogP contribution in [0.15, 0.2) is 64.4 Å². The van der Waals surface area contributed by atoms with Crippen molar-refractivity contribution in [3.05, 3.63) is 70.4 Å². The Morgan fingerprint density at radius 3 is 2.58 bits per heavy atom. The summed E-state index contributed by atoms with van der Waals surface area (Å²) in [6.45, 7) is 0.558. The molecule has 3 aromatic rings. The van der Waals surface area contributed by atoms with Gasteiger partial charge >= 0.3 is 5.97 Å². The van der Waals surface area contributed by atoms with Crippen LogP contribution in [-0.2, 0) is 4.74 Å². The molecule has 5 nitrogen and oxygen atoms in total. The lowest BCUT2D eigenvalue weighted by atomic mass is 10.1. The first kappa shape index (κ1) is 18.1. The van der Waals surface area contributed by atoms with Crippen LogP contribution in [0.1, 0.15) is 16.8 Å². The first-order valence-electron chi connectivity index (χ1n) is 8.24. The molecule has 0 unspecified atom stereocenters. The minimum absolute atomic E-state index is 0.0557. The number of esters is 1. The van der Waals surface area contributed by atoms with Gasteiger partial charge in [-0.3, -0.25) is 4.79 Å². The van der Waals surface area contributed by atoms with Gasteiger partial charge in [-0.1, -0.05) is 30.3 Å². The number of benzene rings is 2. The number of fused-ring (bicyclic) bond motifs is 1. The number of methoxy groups -OCH3 is 1. The van der Waals surface area contributed by atoms with Crippen molar-refractivity contribution >= 4 is 28.6 Å². The zero-order valence-corrected chi connectivity index (χ0v) is 15.2. The molecule has 26 heavy (non-hydrogen) atoms. The molecule has 6 heteroatoms. The maximum Gasteiger partial charge on any atom is 0.344 e. The second kappa shape index (κ2) is 8.58. The van der Waals surface area contributed by atoms with Crippen LogP contribution in [0.25, 0.3) is 10.9 Å². The zero-order chi connectivity index (χ0) is 18.4. The number of carbonyl (C=O) groups is 1. The van der Waals surface area contributed by atoms with E-state index in [9.17, 15) is 9.59 Å². The van der Waals surface area contributed by atoms with E-state index in [1.807, 2.05) is 42.5 Å². The number of pyridine rings is 1. The molecule has 3 rings (SSSR count). The summed E-state index contributed by atoms with van der Waals surface area (Å²) in [5.74, 6) is 0.900. The molecule has 0 amide bonds. The molecule has 1 N–H and O–H groups in total. The molecule has 2 aromatic carbocycles. The highest BCUT2D eigenvalue weighted by atomic mass is 32.2. The van der Waals surface area contributed by atoms with Crippen molar-refractivity contribution in [1.82, 2.24) is 4.98 Å². The van der Waals surface area contributed by atoms with Crippen molar-refractivity contribution < 1.29 is 14.3 Å². The predicted molar refractivity (Wildman–Crippen MR) is 103 cm³/mol. The lowest BCUT2D eigenvalue weighted by molar-refractivity contribution is 0.0594. The fourth-order valence-corrected chi connectivity index (χ4v) is 3.52. The van der Waals surface area contributed by atoms with Crippen molar-refractivity contribution in [3.8, 4) is 5.75 Å². The monoisotopic (exact) mass is 369 g/mol. The van der Waals surface area contributed by atoms with Crippen molar-refractivity contribution in [2.45, 2.75) is 11.4 Å². The molecular formula is C20H19NO4S. The van der Waals surface area contributed by atoms with Crippen LogP contribution in [0.4, 0.5) is 0 Å². The number of ether oxygens (including phenoxy) is 2. The van der Waals surface area contributed by atoms with Gasteiger partial charge in [0.25, 0.3) is 0 Å². The number of hydrogen-bond donors (Lipinski definition) is 1. The van der Waals surface area contributed by atoms with Crippen LogP contribution in [0.3, 0.4) is 0 Å². The van der Waals surface area contributed by atoms with Crippen LogP contribution in [-0.4, -0.2) is 30.4 Å². The smallest absolute Gasteiger partial charge is 0.344 e. The van der Waals surface area contributed by atoms with E-state index >= 15 is 0 Å². The van der Waals surface area contributed by atoms with E-state index in [0.717, 1.165) is 12.2 Å². The Labute approximate surface area is 155 Å². The normalized spacial score (nSPS) is 10.7. The van der Waals surface area contributed by atoms with Crippen molar-refractivity contribution in [2.24, 2.45) is 0 Å². The van der Waals surface area contributed by atoms with Gasteiger partial charge in [0, 0.05) is 11.1 Å². The van der Waals surface area contributed by atoms with E-state index in [1.165, 1.54) is 18.9 Å². The molecule has 0 aliphatic heterocycles. The summed E-state index contributed by atoms with van der Waals surface area (Å²) in [6.07, 6.45) is 0.773. The van der Waals surface area contributed by atoms with Gasteiger partial charge in [-0.25, -0.2) is 4.79 Å². The molecule has 0 spiro atoms. The number of hydrogen-bond acceptors (Lipinski definition) is 5. The molecule has 0 fully saturated rings. The minimum atomic E-state index is -0.625. The Morgan fingerprint density at radius 2 is 1.81 bits per heavy atom. The molecule has 0 atom stereocenters. The van der Waals surface area contributed by atoms with E-state index < -0.39 is 5.97 Å². The molecule has 1 aromatic heterocycles. The summed E-state index contributed by atoms with van der Waals surface area (Å²) >= 11 is 1.42. The average Bonchev–Trinajstić information content (AvgIpc) is 2.68. The number of carbonyl (C=O) groups excluding carboxylic acids is 1. The summed E-state index contributed by atoms with van der Waals surface area (Å²) in [7, 11) is 1.28. The number of thioether (sulfide) groups is 1. The van der Waals surface area contributed by atoms with Crippen LogP contribution < -0.4 is 10.2 Å². The second-order valence-corrected chi connectivity index (χ2v) is 6.66. The van der Waals surface area contributed by atoms with E-state index in [4.69, 9.17) is 9.47 Å². The van der Waals surface area contributed by atoms with E-state index in [2.05, 4.69) is 4.98 Å². The number of aromatic amines is 1. The average molecular weight is 369 g/mol. The highest BCUT2D eigenvalue weighted by molar-refractivity contribution is 7.99. The van der Waals surface area contributed by atoms with Gasteiger partial charge in [0.05, 0.1) is 24.3 Å². The largest absolute Gasteiger partial charge is 0.494 e. The minimum Gasteiger partial charge on any atom is -0.494 e. The first-order valence-corrected chi connectivity index (χ1v) is 9.23. The van der Waals surface area contributed by atoms with Crippen LogP contribution >= 0.6 is 11.8 Å². The molecular weight excluding hydrogens is 350 g/mol. The lowest BCUT2D eigenvalue weighted by Gasteiger charge is -2.10. The van der Waals surface area contributed by atoms with E-state index in [1.54, 1.807) is 12.1 Å². The third-order valence-corrected chi connectivity index (χ3v) is 4.90.